The number of hydrogen-bond donors (Lipinski definition) is 2. The summed E-state index contributed by atoms with van der Waals surface area (Å²) in [6.07, 6.45) is 0.484. The number of carbonyl (C=O) groups excluding carboxylic acids is 1. The molecule has 1 rings (SSSR count). The Morgan fingerprint density at radius 1 is 1.33 bits per heavy atom. The molecule has 0 saturated heterocycles. The topological polar surface area (TPSA) is 41.1 Å². The molecule has 0 unspecified atom stereocenters. The molecule has 3 nitrogen and oxygen atoms in total. The van der Waals surface area contributed by atoms with E-state index in [4.69, 9.17) is 11.6 Å². The molecule has 0 aromatic heterocycles. The van der Waals surface area contributed by atoms with E-state index < -0.39 is 0 Å². The molecule has 0 heterocycles. The van der Waals surface area contributed by atoms with E-state index in [1.54, 1.807) is 0 Å². The van der Waals surface area contributed by atoms with Crippen molar-refractivity contribution in [3.63, 3.8) is 0 Å². The Morgan fingerprint density at radius 3 is 2.67 bits per heavy atom. The minimum absolute atomic E-state index is 0.0705. The van der Waals surface area contributed by atoms with Crippen LogP contribution < -0.4 is 10.6 Å². The van der Waals surface area contributed by atoms with Crippen molar-refractivity contribution in [3.8, 4) is 0 Å². The third-order valence-electron chi connectivity index (χ3n) is 2.26. The van der Waals surface area contributed by atoms with Crippen molar-refractivity contribution >= 4 is 17.5 Å². The van der Waals surface area contributed by atoms with Crippen LogP contribution in [0.5, 0.6) is 0 Å². The average Bonchev–Trinajstić information content (AvgIpc) is 2.22. The second-order valence-corrected chi connectivity index (χ2v) is 5.79. The SMILES string of the molecule is CC(C)(C)NC(=O)CCNCc1cccc(Cl)c1. The molecule has 0 fully saturated rings. The lowest BCUT2D eigenvalue weighted by atomic mass is 10.1. The molecule has 0 aliphatic carbocycles. The van der Waals surface area contributed by atoms with Crippen LogP contribution in [0.1, 0.15) is 32.8 Å². The van der Waals surface area contributed by atoms with Gasteiger partial charge in [0.05, 0.1) is 0 Å². The second-order valence-electron chi connectivity index (χ2n) is 5.35. The first-order chi connectivity index (χ1) is 8.37. The van der Waals surface area contributed by atoms with Crippen LogP contribution in [0.4, 0.5) is 0 Å². The van der Waals surface area contributed by atoms with E-state index in [1.165, 1.54) is 0 Å². The zero-order valence-electron chi connectivity index (χ0n) is 11.2. The molecule has 100 valence electrons. The van der Waals surface area contributed by atoms with Crippen LogP contribution in [0, 0.1) is 0 Å². The maximum absolute atomic E-state index is 11.6. The number of carbonyl (C=O) groups is 1. The monoisotopic (exact) mass is 268 g/mol. The summed E-state index contributed by atoms with van der Waals surface area (Å²) in [6.45, 7) is 7.32. The molecule has 0 spiro atoms. The van der Waals surface area contributed by atoms with Gasteiger partial charge in [0, 0.05) is 30.1 Å². The standard InChI is InChI=1S/C14H21ClN2O/c1-14(2,3)17-13(18)7-8-16-10-11-5-4-6-12(15)9-11/h4-6,9,16H,7-8,10H2,1-3H3,(H,17,18). The molecule has 0 bridgehead atoms. The Hall–Kier alpha value is -1.06. The molecule has 0 radical (unpaired) electrons. The lowest BCUT2D eigenvalue weighted by Gasteiger charge is -2.20. The summed E-state index contributed by atoms with van der Waals surface area (Å²) in [5, 5.41) is 6.89. The number of halogens is 1. The van der Waals surface area contributed by atoms with E-state index in [1.807, 2.05) is 45.0 Å². The molecule has 0 aliphatic rings. The Balaban J connectivity index is 2.21. The summed E-state index contributed by atoms with van der Waals surface area (Å²) >= 11 is 5.89. The molecule has 0 atom stereocenters. The fourth-order valence-corrected chi connectivity index (χ4v) is 1.78. The molecule has 2 N–H and O–H groups in total. The molecule has 1 amide bonds. The molecule has 1 aromatic rings. The summed E-state index contributed by atoms with van der Waals surface area (Å²) in [4.78, 5) is 11.6. The summed E-state index contributed by atoms with van der Waals surface area (Å²) in [6, 6.07) is 7.70. The van der Waals surface area contributed by atoms with Crippen LogP contribution in [0.15, 0.2) is 24.3 Å². The van der Waals surface area contributed by atoms with E-state index in [0.29, 0.717) is 13.0 Å². The highest BCUT2D eigenvalue weighted by Crippen LogP contribution is 2.10. The van der Waals surface area contributed by atoms with Crippen molar-refractivity contribution in [2.24, 2.45) is 0 Å². The minimum Gasteiger partial charge on any atom is -0.351 e. The highest BCUT2D eigenvalue weighted by Gasteiger charge is 2.12. The van der Waals surface area contributed by atoms with Gasteiger partial charge in [0.2, 0.25) is 5.91 Å². The maximum Gasteiger partial charge on any atom is 0.221 e. The second kappa shape index (κ2) is 6.76. The van der Waals surface area contributed by atoms with Crippen molar-refractivity contribution in [3.05, 3.63) is 34.9 Å². The van der Waals surface area contributed by atoms with Crippen LogP contribution in [0.3, 0.4) is 0 Å². The van der Waals surface area contributed by atoms with E-state index >= 15 is 0 Å². The number of hydrogen-bond acceptors (Lipinski definition) is 2. The Labute approximate surface area is 114 Å². The van der Waals surface area contributed by atoms with Crippen molar-refractivity contribution in [2.75, 3.05) is 6.54 Å². The molecule has 4 heteroatoms. The molecule has 1 aromatic carbocycles. The molecular formula is C14H21ClN2O. The normalized spacial score (nSPS) is 11.3. The van der Waals surface area contributed by atoms with Gasteiger partial charge in [-0.1, -0.05) is 23.7 Å². The van der Waals surface area contributed by atoms with Gasteiger partial charge in [-0.05, 0) is 38.5 Å². The van der Waals surface area contributed by atoms with E-state index in [-0.39, 0.29) is 11.4 Å². The van der Waals surface area contributed by atoms with Crippen molar-refractivity contribution < 1.29 is 4.79 Å². The highest BCUT2D eigenvalue weighted by atomic mass is 35.5. The van der Waals surface area contributed by atoms with E-state index in [9.17, 15) is 4.79 Å². The van der Waals surface area contributed by atoms with Gasteiger partial charge in [0.1, 0.15) is 0 Å². The molecule has 18 heavy (non-hydrogen) atoms. The zero-order valence-corrected chi connectivity index (χ0v) is 12.0. The van der Waals surface area contributed by atoms with Gasteiger partial charge in [0.15, 0.2) is 0 Å². The first-order valence-corrected chi connectivity index (χ1v) is 6.51. The van der Waals surface area contributed by atoms with Gasteiger partial charge in [-0.3, -0.25) is 4.79 Å². The van der Waals surface area contributed by atoms with Crippen LogP contribution in [-0.4, -0.2) is 18.0 Å². The predicted octanol–water partition coefficient (Wildman–Crippen LogP) is 2.73. The third kappa shape index (κ3) is 6.62. The van der Waals surface area contributed by atoms with E-state index in [0.717, 1.165) is 17.1 Å². The summed E-state index contributed by atoms with van der Waals surface area (Å²) in [5.41, 5.74) is 0.961. The Bertz CT molecular complexity index is 399. The fourth-order valence-electron chi connectivity index (χ4n) is 1.56. The van der Waals surface area contributed by atoms with Crippen LogP contribution in [0.25, 0.3) is 0 Å². The molecule has 0 saturated carbocycles. The van der Waals surface area contributed by atoms with Crippen molar-refractivity contribution in [2.45, 2.75) is 39.3 Å². The van der Waals surface area contributed by atoms with Gasteiger partial charge in [-0.25, -0.2) is 0 Å². The number of amides is 1. The minimum atomic E-state index is -0.163. The first-order valence-electron chi connectivity index (χ1n) is 6.13. The lowest BCUT2D eigenvalue weighted by Crippen LogP contribution is -2.41. The number of nitrogens with one attached hydrogen (secondary N) is 2. The summed E-state index contributed by atoms with van der Waals surface area (Å²) in [5.74, 6) is 0.0705. The molecule has 0 aliphatic heterocycles. The number of rotatable bonds is 5. The average molecular weight is 269 g/mol. The lowest BCUT2D eigenvalue weighted by molar-refractivity contribution is -0.122. The third-order valence-corrected chi connectivity index (χ3v) is 2.50. The fraction of sp³-hybridized carbons (Fsp3) is 0.500. The van der Waals surface area contributed by atoms with Gasteiger partial charge < -0.3 is 10.6 Å². The first kappa shape index (κ1) is 15.0. The van der Waals surface area contributed by atoms with Gasteiger partial charge >= 0.3 is 0 Å². The van der Waals surface area contributed by atoms with Gasteiger partial charge in [-0.2, -0.15) is 0 Å². The smallest absolute Gasteiger partial charge is 0.221 e. The molecular weight excluding hydrogens is 248 g/mol. The van der Waals surface area contributed by atoms with Crippen LogP contribution >= 0.6 is 11.6 Å². The Kier molecular flexibility index (Phi) is 5.63. The predicted molar refractivity (Wildman–Crippen MR) is 75.7 cm³/mol. The van der Waals surface area contributed by atoms with Crippen LogP contribution in [-0.2, 0) is 11.3 Å². The quantitative estimate of drug-likeness (QED) is 0.807. The zero-order chi connectivity index (χ0) is 13.6. The van der Waals surface area contributed by atoms with Gasteiger partial charge in [0.25, 0.3) is 0 Å². The largest absolute Gasteiger partial charge is 0.351 e. The van der Waals surface area contributed by atoms with Crippen LogP contribution in [0.2, 0.25) is 5.02 Å². The highest BCUT2D eigenvalue weighted by molar-refractivity contribution is 6.30. The van der Waals surface area contributed by atoms with Crippen molar-refractivity contribution in [1.29, 1.82) is 0 Å². The van der Waals surface area contributed by atoms with Crippen molar-refractivity contribution in [1.82, 2.24) is 10.6 Å². The van der Waals surface area contributed by atoms with Gasteiger partial charge in [-0.15, -0.1) is 0 Å². The summed E-state index contributed by atoms with van der Waals surface area (Å²) in [7, 11) is 0. The summed E-state index contributed by atoms with van der Waals surface area (Å²) < 4.78 is 0. The van der Waals surface area contributed by atoms with E-state index in [2.05, 4.69) is 10.6 Å². The number of benzene rings is 1. The maximum atomic E-state index is 11.6. The Morgan fingerprint density at radius 2 is 2.06 bits per heavy atom.